The second kappa shape index (κ2) is 5.41. The first kappa shape index (κ1) is 13.6. The molecule has 2 aromatic rings. The maximum atomic E-state index is 11.2. The van der Waals surface area contributed by atoms with Crippen LogP contribution < -0.4 is 10.2 Å². The van der Waals surface area contributed by atoms with Gasteiger partial charge in [-0.3, -0.25) is 20.1 Å². The number of hydrogen-bond acceptors (Lipinski definition) is 6. The number of rotatable bonds is 4. The molecule has 0 aliphatic carbocycles. The predicted octanol–water partition coefficient (Wildman–Crippen LogP) is 1.98. The minimum Gasteiger partial charge on any atom is -0.496 e. The van der Waals surface area contributed by atoms with Crippen molar-refractivity contribution in [1.29, 1.82) is 0 Å². The molecule has 0 bridgehead atoms. The average molecular weight is 278 g/mol. The van der Waals surface area contributed by atoms with Crippen molar-refractivity contribution >= 4 is 11.6 Å². The minimum atomic E-state index is -0.794. The van der Waals surface area contributed by atoms with E-state index in [1.807, 2.05) is 0 Å². The summed E-state index contributed by atoms with van der Waals surface area (Å²) in [6, 6.07) is 6.86. The van der Waals surface area contributed by atoms with Crippen LogP contribution in [0.5, 0.6) is 5.75 Å². The fourth-order valence-electron chi connectivity index (χ4n) is 1.66. The first-order valence-corrected chi connectivity index (χ1v) is 5.44. The van der Waals surface area contributed by atoms with Crippen LogP contribution in [0.25, 0.3) is 11.3 Å². The van der Waals surface area contributed by atoms with Crippen LogP contribution in [0.15, 0.2) is 34.7 Å². The Morgan fingerprint density at radius 1 is 1.40 bits per heavy atom. The van der Waals surface area contributed by atoms with E-state index >= 15 is 0 Å². The largest absolute Gasteiger partial charge is 0.496 e. The standard InChI is InChI=1S/C12H10N2O6/c1-19-11-6-7(14(17)18)2-3-8(11)9-4-5-10(20-9)12(15)13-16/h2-6,16H,1H3,(H,13,15). The van der Waals surface area contributed by atoms with Crippen molar-refractivity contribution in [2.24, 2.45) is 0 Å². The summed E-state index contributed by atoms with van der Waals surface area (Å²) in [7, 11) is 1.37. The molecule has 1 amide bonds. The van der Waals surface area contributed by atoms with Gasteiger partial charge in [-0.15, -0.1) is 0 Å². The third-order valence-corrected chi connectivity index (χ3v) is 2.59. The first-order valence-electron chi connectivity index (χ1n) is 5.44. The Hall–Kier alpha value is -2.87. The summed E-state index contributed by atoms with van der Waals surface area (Å²) >= 11 is 0. The molecular formula is C12H10N2O6. The summed E-state index contributed by atoms with van der Waals surface area (Å²) in [6.45, 7) is 0. The van der Waals surface area contributed by atoms with Crippen LogP contribution in [-0.4, -0.2) is 23.1 Å². The predicted molar refractivity (Wildman–Crippen MR) is 66.6 cm³/mol. The second-order valence-corrected chi connectivity index (χ2v) is 3.75. The van der Waals surface area contributed by atoms with Crippen molar-refractivity contribution in [3.05, 3.63) is 46.2 Å². The highest BCUT2D eigenvalue weighted by Crippen LogP contribution is 2.34. The number of nitro groups is 1. The number of non-ortho nitro benzene ring substituents is 1. The molecule has 1 aromatic heterocycles. The van der Waals surface area contributed by atoms with E-state index in [4.69, 9.17) is 14.4 Å². The number of nitro benzene ring substituents is 1. The molecule has 8 heteroatoms. The SMILES string of the molecule is COc1cc([N+](=O)[O-])ccc1-c1ccc(C(=O)NO)o1. The van der Waals surface area contributed by atoms with Gasteiger partial charge in [-0.05, 0) is 18.2 Å². The maximum absolute atomic E-state index is 11.2. The van der Waals surface area contributed by atoms with E-state index in [0.717, 1.165) is 0 Å². The lowest BCUT2D eigenvalue weighted by atomic mass is 10.1. The number of amides is 1. The number of nitrogens with zero attached hydrogens (tertiary/aromatic N) is 1. The zero-order valence-corrected chi connectivity index (χ0v) is 10.3. The number of hydrogen-bond donors (Lipinski definition) is 2. The molecule has 0 radical (unpaired) electrons. The topological polar surface area (TPSA) is 115 Å². The lowest BCUT2D eigenvalue weighted by Crippen LogP contribution is -2.17. The third-order valence-electron chi connectivity index (χ3n) is 2.59. The maximum Gasteiger partial charge on any atom is 0.310 e. The Morgan fingerprint density at radius 2 is 2.15 bits per heavy atom. The highest BCUT2D eigenvalue weighted by atomic mass is 16.6. The number of hydroxylamine groups is 1. The number of benzene rings is 1. The summed E-state index contributed by atoms with van der Waals surface area (Å²) < 4.78 is 10.3. The van der Waals surface area contributed by atoms with Gasteiger partial charge in [0.05, 0.1) is 23.7 Å². The highest BCUT2D eigenvalue weighted by Gasteiger charge is 2.17. The fourth-order valence-corrected chi connectivity index (χ4v) is 1.66. The lowest BCUT2D eigenvalue weighted by molar-refractivity contribution is -0.384. The van der Waals surface area contributed by atoms with Gasteiger partial charge in [0, 0.05) is 6.07 Å². The summed E-state index contributed by atoms with van der Waals surface area (Å²) in [4.78, 5) is 21.3. The van der Waals surface area contributed by atoms with Crippen LogP contribution in [0.2, 0.25) is 0 Å². The molecule has 0 unspecified atom stereocenters. The molecule has 0 saturated heterocycles. The van der Waals surface area contributed by atoms with Gasteiger partial charge in [-0.1, -0.05) is 0 Å². The highest BCUT2D eigenvalue weighted by molar-refractivity contribution is 5.91. The van der Waals surface area contributed by atoms with E-state index in [9.17, 15) is 14.9 Å². The molecule has 0 saturated carbocycles. The fraction of sp³-hybridized carbons (Fsp3) is 0.0833. The number of carbonyl (C=O) groups is 1. The van der Waals surface area contributed by atoms with Gasteiger partial charge >= 0.3 is 5.91 Å². The molecule has 0 spiro atoms. The first-order chi connectivity index (χ1) is 9.56. The van der Waals surface area contributed by atoms with Crippen molar-refractivity contribution in [3.63, 3.8) is 0 Å². The van der Waals surface area contributed by atoms with Crippen LogP contribution in [0.4, 0.5) is 5.69 Å². The van der Waals surface area contributed by atoms with Crippen LogP contribution in [0, 0.1) is 10.1 Å². The van der Waals surface area contributed by atoms with E-state index in [-0.39, 0.29) is 23.0 Å². The van der Waals surface area contributed by atoms with E-state index in [1.54, 1.807) is 0 Å². The van der Waals surface area contributed by atoms with E-state index in [1.165, 1.54) is 42.9 Å². The number of carbonyl (C=O) groups excluding carboxylic acids is 1. The molecule has 104 valence electrons. The van der Waals surface area contributed by atoms with Crippen molar-refractivity contribution in [2.75, 3.05) is 7.11 Å². The lowest BCUT2D eigenvalue weighted by Gasteiger charge is -2.05. The van der Waals surface area contributed by atoms with Gasteiger partial charge in [0.1, 0.15) is 11.5 Å². The number of furan rings is 1. The van der Waals surface area contributed by atoms with Crippen molar-refractivity contribution in [3.8, 4) is 17.1 Å². The molecule has 0 fully saturated rings. The van der Waals surface area contributed by atoms with E-state index in [0.29, 0.717) is 5.56 Å². The van der Waals surface area contributed by atoms with Gasteiger partial charge in [-0.2, -0.15) is 0 Å². The van der Waals surface area contributed by atoms with E-state index < -0.39 is 10.8 Å². The Kier molecular flexibility index (Phi) is 3.67. The van der Waals surface area contributed by atoms with Crippen molar-refractivity contribution < 1.29 is 24.1 Å². The molecule has 1 heterocycles. The number of ether oxygens (including phenoxy) is 1. The Balaban J connectivity index is 2.44. The third kappa shape index (κ3) is 2.45. The Morgan fingerprint density at radius 3 is 2.75 bits per heavy atom. The second-order valence-electron chi connectivity index (χ2n) is 3.75. The molecule has 1 aromatic carbocycles. The van der Waals surface area contributed by atoms with Crippen molar-refractivity contribution in [1.82, 2.24) is 5.48 Å². The molecule has 0 aliphatic heterocycles. The smallest absolute Gasteiger partial charge is 0.310 e. The van der Waals surface area contributed by atoms with Crippen LogP contribution in [-0.2, 0) is 0 Å². The molecule has 20 heavy (non-hydrogen) atoms. The Bertz CT molecular complexity index is 664. The van der Waals surface area contributed by atoms with Gasteiger partial charge in [0.2, 0.25) is 0 Å². The molecule has 0 aliphatic rings. The quantitative estimate of drug-likeness (QED) is 0.502. The molecule has 0 atom stereocenters. The van der Waals surface area contributed by atoms with Crippen molar-refractivity contribution in [2.45, 2.75) is 0 Å². The van der Waals surface area contributed by atoms with Crippen LogP contribution in [0.3, 0.4) is 0 Å². The summed E-state index contributed by atoms with van der Waals surface area (Å²) in [5.41, 5.74) is 1.78. The normalized spacial score (nSPS) is 10.1. The zero-order chi connectivity index (χ0) is 14.7. The van der Waals surface area contributed by atoms with Crippen LogP contribution >= 0.6 is 0 Å². The number of nitrogens with one attached hydrogen (secondary N) is 1. The summed E-state index contributed by atoms with van der Waals surface area (Å²) in [5, 5.41) is 19.2. The van der Waals surface area contributed by atoms with Gasteiger partial charge in [-0.25, -0.2) is 5.48 Å². The van der Waals surface area contributed by atoms with Crippen LogP contribution in [0.1, 0.15) is 10.6 Å². The molecule has 2 rings (SSSR count). The molecular weight excluding hydrogens is 268 g/mol. The average Bonchev–Trinajstić information content (AvgIpc) is 2.95. The van der Waals surface area contributed by atoms with Gasteiger partial charge in [0.15, 0.2) is 5.76 Å². The zero-order valence-electron chi connectivity index (χ0n) is 10.3. The number of methoxy groups -OCH3 is 1. The van der Waals surface area contributed by atoms with Gasteiger partial charge < -0.3 is 9.15 Å². The minimum absolute atomic E-state index is 0.0945. The van der Waals surface area contributed by atoms with Gasteiger partial charge in [0.25, 0.3) is 5.69 Å². The summed E-state index contributed by atoms with van der Waals surface area (Å²) in [5.74, 6) is -0.361. The molecule has 2 N–H and O–H groups in total. The summed E-state index contributed by atoms with van der Waals surface area (Å²) in [6.07, 6.45) is 0. The van der Waals surface area contributed by atoms with E-state index in [2.05, 4.69) is 0 Å². The molecule has 8 nitrogen and oxygen atoms in total. The Labute approximate surface area is 112 Å². The monoisotopic (exact) mass is 278 g/mol.